The fraction of sp³-hybridized carbons (Fsp3) is 0.111. The molecule has 3 aromatic rings. The average Bonchev–Trinajstić information content (AvgIpc) is 3.29. The molecule has 0 radical (unpaired) electrons. The van der Waals surface area contributed by atoms with E-state index in [2.05, 4.69) is 15.5 Å². The van der Waals surface area contributed by atoms with Crippen molar-refractivity contribution in [1.29, 1.82) is 0 Å². The van der Waals surface area contributed by atoms with Gasteiger partial charge >= 0.3 is 0 Å². The van der Waals surface area contributed by atoms with E-state index < -0.39 is 25.5 Å². The summed E-state index contributed by atoms with van der Waals surface area (Å²) in [4.78, 5) is 36.2. The minimum atomic E-state index is -4.11. The highest BCUT2D eigenvalue weighted by molar-refractivity contribution is 7.89. The van der Waals surface area contributed by atoms with E-state index in [1.807, 2.05) is 0 Å². The minimum Gasteiger partial charge on any atom is -0.324 e. The summed E-state index contributed by atoms with van der Waals surface area (Å²) in [6.45, 7) is 0.101. The molecule has 0 saturated heterocycles. The Morgan fingerprint density at radius 3 is 2.34 bits per heavy atom. The number of nitro benzene ring substituents is 1. The molecule has 14 heteroatoms. The number of nitrogens with zero attached hydrogens (tertiary/aromatic N) is 4. The van der Waals surface area contributed by atoms with Crippen molar-refractivity contribution in [2.45, 2.75) is 11.3 Å². The van der Waals surface area contributed by atoms with Crippen LogP contribution >= 0.6 is 11.3 Å². The van der Waals surface area contributed by atoms with Gasteiger partial charge < -0.3 is 5.32 Å². The van der Waals surface area contributed by atoms with Crippen LogP contribution in [0.3, 0.4) is 0 Å². The van der Waals surface area contributed by atoms with Crippen LogP contribution in [0.25, 0.3) is 0 Å². The zero-order valence-electron chi connectivity index (χ0n) is 16.1. The molecule has 12 nitrogen and oxygen atoms in total. The van der Waals surface area contributed by atoms with Crippen LogP contribution in [0.1, 0.15) is 25.7 Å². The number of anilines is 2. The molecular formula is C18H14N6O6S2. The lowest BCUT2D eigenvalue weighted by Gasteiger charge is -2.12. The number of primary sulfonamides is 1. The minimum absolute atomic E-state index is 0.00504. The molecule has 4 rings (SSSR count). The number of nitrogens with two attached hydrogens (primary N) is 1. The van der Waals surface area contributed by atoms with Gasteiger partial charge in [-0.25, -0.2) is 13.6 Å². The Morgan fingerprint density at radius 1 is 1.09 bits per heavy atom. The predicted octanol–water partition coefficient (Wildman–Crippen LogP) is 1.68. The number of sulfonamides is 1. The van der Waals surface area contributed by atoms with Crippen LogP contribution in [0.4, 0.5) is 16.5 Å². The van der Waals surface area contributed by atoms with Gasteiger partial charge in [-0.15, -0.1) is 10.2 Å². The third kappa shape index (κ3) is 4.05. The number of benzene rings is 2. The lowest BCUT2D eigenvalue weighted by atomic mass is 10.1. The van der Waals surface area contributed by atoms with E-state index in [1.54, 1.807) is 24.3 Å². The van der Waals surface area contributed by atoms with Gasteiger partial charge in [0.2, 0.25) is 15.2 Å². The molecule has 1 aliphatic heterocycles. The summed E-state index contributed by atoms with van der Waals surface area (Å²) in [5.41, 5.74) is 0.212. The van der Waals surface area contributed by atoms with Crippen LogP contribution in [0.5, 0.6) is 0 Å². The third-order valence-electron chi connectivity index (χ3n) is 4.63. The highest BCUT2D eigenvalue weighted by Gasteiger charge is 2.34. The maximum absolute atomic E-state index is 12.4. The summed E-state index contributed by atoms with van der Waals surface area (Å²) in [5.74, 6) is -0.752. The van der Waals surface area contributed by atoms with Crippen LogP contribution in [0.2, 0.25) is 0 Å². The second kappa shape index (κ2) is 8.07. The van der Waals surface area contributed by atoms with Crippen molar-refractivity contribution < 1.29 is 22.9 Å². The van der Waals surface area contributed by atoms with Crippen molar-refractivity contribution >= 4 is 49.7 Å². The number of carbonyl (C=O) groups is 2. The molecule has 0 saturated carbocycles. The SMILES string of the molecule is NS(=O)(=O)c1ccc(Nc2nnc(CCN3C(=O)c4ccccc4C3=O)s2)c([N+](=O)[O-])c1. The third-order valence-corrected chi connectivity index (χ3v) is 6.44. The number of hydrogen-bond acceptors (Lipinski definition) is 10. The fourth-order valence-corrected chi connectivity index (χ4v) is 4.39. The Morgan fingerprint density at radius 2 is 1.75 bits per heavy atom. The molecule has 32 heavy (non-hydrogen) atoms. The van der Waals surface area contributed by atoms with Gasteiger partial charge in [-0.3, -0.25) is 24.6 Å². The molecule has 0 aliphatic carbocycles. The quantitative estimate of drug-likeness (QED) is 0.293. The number of hydrogen-bond donors (Lipinski definition) is 2. The molecular weight excluding hydrogens is 460 g/mol. The van der Waals surface area contributed by atoms with Gasteiger partial charge in [0, 0.05) is 19.0 Å². The molecule has 2 amide bonds. The number of aromatic nitrogens is 2. The lowest BCUT2D eigenvalue weighted by Crippen LogP contribution is -2.31. The molecule has 0 spiro atoms. The maximum atomic E-state index is 12.4. The lowest BCUT2D eigenvalue weighted by molar-refractivity contribution is -0.384. The van der Waals surface area contributed by atoms with Crippen LogP contribution in [0, 0.1) is 10.1 Å². The zero-order valence-corrected chi connectivity index (χ0v) is 17.7. The van der Waals surface area contributed by atoms with Crippen molar-refractivity contribution in [3.63, 3.8) is 0 Å². The first kappa shape index (κ1) is 21.5. The van der Waals surface area contributed by atoms with Crippen LogP contribution in [-0.4, -0.2) is 46.8 Å². The number of rotatable bonds is 7. The number of nitrogens with one attached hydrogen (secondary N) is 1. The van der Waals surface area contributed by atoms with Crippen molar-refractivity contribution in [3.8, 4) is 0 Å². The van der Waals surface area contributed by atoms with E-state index in [9.17, 15) is 28.1 Å². The van der Waals surface area contributed by atoms with E-state index in [1.165, 1.54) is 6.07 Å². The predicted molar refractivity (Wildman–Crippen MR) is 113 cm³/mol. The number of amides is 2. The highest BCUT2D eigenvalue weighted by Crippen LogP contribution is 2.31. The first-order valence-corrected chi connectivity index (χ1v) is 11.4. The van der Waals surface area contributed by atoms with Crippen LogP contribution in [-0.2, 0) is 16.4 Å². The summed E-state index contributed by atoms with van der Waals surface area (Å²) >= 11 is 1.08. The molecule has 0 fully saturated rings. The summed E-state index contributed by atoms with van der Waals surface area (Å²) < 4.78 is 22.9. The largest absolute Gasteiger partial charge is 0.324 e. The van der Waals surface area contributed by atoms with Gasteiger partial charge in [0.25, 0.3) is 17.5 Å². The summed E-state index contributed by atoms with van der Waals surface area (Å²) in [7, 11) is -4.11. The molecule has 0 atom stereocenters. The summed E-state index contributed by atoms with van der Waals surface area (Å²) in [5, 5.41) is 27.7. The Labute approximate surface area is 184 Å². The van der Waals surface area contributed by atoms with E-state index in [0.29, 0.717) is 16.1 Å². The molecule has 3 N–H and O–H groups in total. The second-order valence-electron chi connectivity index (χ2n) is 6.66. The van der Waals surface area contributed by atoms with Crippen molar-refractivity contribution in [2.24, 2.45) is 5.14 Å². The number of nitro groups is 1. The van der Waals surface area contributed by atoms with E-state index in [4.69, 9.17) is 5.14 Å². The zero-order chi connectivity index (χ0) is 23.0. The first-order chi connectivity index (χ1) is 15.1. The van der Waals surface area contributed by atoms with E-state index in [0.717, 1.165) is 28.4 Å². The number of carbonyl (C=O) groups excluding carboxylic acids is 2. The van der Waals surface area contributed by atoms with Gasteiger partial charge in [0.1, 0.15) is 10.7 Å². The Balaban J connectivity index is 1.47. The summed E-state index contributed by atoms with van der Waals surface area (Å²) in [6, 6.07) is 9.75. The topological polar surface area (TPSA) is 178 Å². The van der Waals surface area contributed by atoms with E-state index >= 15 is 0 Å². The van der Waals surface area contributed by atoms with Crippen LogP contribution in [0.15, 0.2) is 47.4 Å². The molecule has 164 valence electrons. The van der Waals surface area contributed by atoms with E-state index in [-0.39, 0.29) is 35.6 Å². The van der Waals surface area contributed by atoms with Gasteiger partial charge in [0.15, 0.2) is 0 Å². The Bertz CT molecular complexity index is 1330. The van der Waals surface area contributed by atoms with Gasteiger partial charge in [0.05, 0.1) is 20.9 Å². The number of imide groups is 1. The van der Waals surface area contributed by atoms with Gasteiger partial charge in [-0.05, 0) is 24.3 Å². The number of fused-ring (bicyclic) bond motifs is 1. The molecule has 1 aromatic heterocycles. The smallest absolute Gasteiger partial charge is 0.294 e. The normalized spacial score (nSPS) is 13.3. The van der Waals surface area contributed by atoms with Gasteiger partial charge in [-0.2, -0.15) is 0 Å². The van der Waals surface area contributed by atoms with Gasteiger partial charge in [-0.1, -0.05) is 23.5 Å². The average molecular weight is 474 g/mol. The Kier molecular flexibility index (Phi) is 5.41. The second-order valence-corrected chi connectivity index (χ2v) is 9.29. The highest BCUT2D eigenvalue weighted by atomic mass is 32.2. The summed E-state index contributed by atoms with van der Waals surface area (Å²) in [6.07, 6.45) is 0.247. The Hall–Kier alpha value is -3.75. The standard InChI is InChI=1S/C18H14N6O6S2/c19-32(29,30)10-5-6-13(14(9-10)24(27)28)20-18-22-21-15(31-18)7-8-23-16(25)11-3-1-2-4-12(11)17(23)26/h1-6,9H,7-8H2,(H,20,22)(H2,19,29,30). The van der Waals surface area contributed by atoms with Crippen molar-refractivity contribution in [2.75, 3.05) is 11.9 Å². The van der Waals surface area contributed by atoms with Crippen molar-refractivity contribution in [1.82, 2.24) is 15.1 Å². The maximum Gasteiger partial charge on any atom is 0.294 e. The molecule has 2 aromatic carbocycles. The molecule has 0 bridgehead atoms. The molecule has 1 aliphatic rings. The monoisotopic (exact) mass is 474 g/mol. The van der Waals surface area contributed by atoms with Crippen molar-refractivity contribution in [3.05, 3.63) is 68.7 Å². The fourth-order valence-electron chi connectivity index (χ4n) is 3.12. The van der Waals surface area contributed by atoms with Crippen LogP contribution < -0.4 is 10.5 Å². The molecule has 0 unspecified atom stereocenters. The first-order valence-electron chi connectivity index (χ1n) is 9.01. The molecule has 2 heterocycles.